The molecule has 2 aliphatic carbocycles. The van der Waals surface area contributed by atoms with Crippen LogP contribution in [0.2, 0.25) is 0 Å². The fourth-order valence-electron chi connectivity index (χ4n) is 3.82. The highest BCUT2D eigenvalue weighted by Crippen LogP contribution is 2.44. The molecule has 0 aromatic carbocycles. The molecule has 1 aliphatic heterocycles. The van der Waals surface area contributed by atoms with Crippen molar-refractivity contribution in [1.29, 1.82) is 0 Å². The van der Waals surface area contributed by atoms with Gasteiger partial charge in [0, 0.05) is 31.0 Å². The van der Waals surface area contributed by atoms with Gasteiger partial charge in [-0.25, -0.2) is 0 Å². The lowest BCUT2D eigenvalue weighted by atomic mass is 10.1. The van der Waals surface area contributed by atoms with E-state index >= 15 is 0 Å². The maximum Gasteiger partial charge on any atom is 0.225 e. The van der Waals surface area contributed by atoms with Crippen LogP contribution >= 0.6 is 0 Å². The van der Waals surface area contributed by atoms with Crippen molar-refractivity contribution < 1.29 is 14.7 Å². The van der Waals surface area contributed by atoms with E-state index in [-0.39, 0.29) is 29.8 Å². The molecule has 0 aromatic rings. The van der Waals surface area contributed by atoms with E-state index < -0.39 is 0 Å². The molecule has 1 saturated heterocycles. The second kappa shape index (κ2) is 6.57. The minimum absolute atomic E-state index is 0.0100. The van der Waals surface area contributed by atoms with Crippen molar-refractivity contribution in [3.8, 4) is 0 Å². The number of rotatable bonds is 5. The number of hydrogen-bond acceptors (Lipinski definition) is 3. The molecule has 3 fully saturated rings. The maximum absolute atomic E-state index is 12.3. The molecule has 0 bridgehead atoms. The fourth-order valence-corrected chi connectivity index (χ4v) is 3.82. The molecule has 0 aromatic heterocycles. The van der Waals surface area contributed by atoms with Gasteiger partial charge < -0.3 is 15.3 Å². The smallest absolute Gasteiger partial charge is 0.225 e. The summed E-state index contributed by atoms with van der Waals surface area (Å²) in [5, 5.41) is 12.3. The zero-order valence-corrected chi connectivity index (χ0v) is 13.4. The lowest BCUT2D eigenvalue weighted by Gasteiger charge is -2.27. The summed E-state index contributed by atoms with van der Waals surface area (Å²) < 4.78 is 0. The predicted octanol–water partition coefficient (Wildman–Crippen LogP) is 1.45. The van der Waals surface area contributed by atoms with Gasteiger partial charge in [0.05, 0.1) is 12.5 Å². The third-order valence-corrected chi connectivity index (χ3v) is 5.72. The summed E-state index contributed by atoms with van der Waals surface area (Å²) in [5.41, 5.74) is -0.0702. The standard InChI is InChI=1S/C17H28N2O3/c20-12-17(7-8-17)11-18-16(22)13-9-15(21)19(10-13)14-5-3-1-2-4-6-14/h13-14,20H,1-12H2,(H,18,22). The third kappa shape index (κ3) is 3.45. The van der Waals surface area contributed by atoms with Crippen LogP contribution in [0.4, 0.5) is 0 Å². The minimum atomic E-state index is -0.203. The van der Waals surface area contributed by atoms with Gasteiger partial charge in [-0.2, -0.15) is 0 Å². The van der Waals surface area contributed by atoms with E-state index in [1.165, 1.54) is 25.7 Å². The molecule has 22 heavy (non-hydrogen) atoms. The Morgan fingerprint density at radius 3 is 2.50 bits per heavy atom. The van der Waals surface area contributed by atoms with Crippen molar-refractivity contribution in [2.24, 2.45) is 11.3 Å². The van der Waals surface area contributed by atoms with Gasteiger partial charge in [-0.1, -0.05) is 25.7 Å². The summed E-state index contributed by atoms with van der Waals surface area (Å²) in [6, 6.07) is 0.347. The van der Waals surface area contributed by atoms with Crippen LogP contribution in [0.5, 0.6) is 0 Å². The van der Waals surface area contributed by atoms with Gasteiger partial charge in [0.25, 0.3) is 0 Å². The van der Waals surface area contributed by atoms with E-state index in [9.17, 15) is 14.7 Å². The molecule has 3 rings (SSSR count). The Morgan fingerprint density at radius 1 is 1.23 bits per heavy atom. The van der Waals surface area contributed by atoms with Crippen LogP contribution in [-0.2, 0) is 9.59 Å². The van der Waals surface area contributed by atoms with Gasteiger partial charge >= 0.3 is 0 Å². The van der Waals surface area contributed by atoms with Crippen LogP contribution in [0.15, 0.2) is 0 Å². The zero-order chi connectivity index (χ0) is 15.6. The maximum atomic E-state index is 12.3. The largest absolute Gasteiger partial charge is 0.396 e. The molecule has 5 heteroatoms. The lowest BCUT2D eigenvalue weighted by molar-refractivity contribution is -0.130. The predicted molar refractivity (Wildman–Crippen MR) is 83.1 cm³/mol. The summed E-state index contributed by atoms with van der Waals surface area (Å²) >= 11 is 0. The number of nitrogens with one attached hydrogen (secondary N) is 1. The van der Waals surface area contributed by atoms with Gasteiger partial charge in [0.15, 0.2) is 0 Å². The van der Waals surface area contributed by atoms with Crippen molar-refractivity contribution in [1.82, 2.24) is 10.2 Å². The van der Waals surface area contributed by atoms with Crippen molar-refractivity contribution in [3.63, 3.8) is 0 Å². The first-order valence-corrected chi connectivity index (χ1v) is 8.82. The van der Waals surface area contributed by atoms with E-state index in [0.29, 0.717) is 25.6 Å². The number of hydrogen-bond donors (Lipinski definition) is 2. The SMILES string of the molecule is O=C(NCC1(CO)CC1)C1CC(=O)N(C2CCCCCC2)C1. The van der Waals surface area contributed by atoms with Crippen molar-refractivity contribution in [3.05, 3.63) is 0 Å². The summed E-state index contributed by atoms with van der Waals surface area (Å²) in [4.78, 5) is 26.5. The molecule has 1 unspecified atom stereocenters. The number of carbonyl (C=O) groups excluding carboxylic acids is 2. The molecular formula is C17H28N2O3. The van der Waals surface area contributed by atoms with E-state index in [1.54, 1.807) is 0 Å². The first kappa shape index (κ1) is 15.8. The van der Waals surface area contributed by atoms with E-state index in [2.05, 4.69) is 5.32 Å². The quantitative estimate of drug-likeness (QED) is 0.755. The summed E-state index contributed by atoms with van der Waals surface area (Å²) in [6.45, 7) is 1.28. The van der Waals surface area contributed by atoms with Crippen LogP contribution in [0.1, 0.15) is 57.8 Å². The Hall–Kier alpha value is -1.10. The highest BCUT2D eigenvalue weighted by atomic mass is 16.3. The van der Waals surface area contributed by atoms with Crippen LogP contribution in [-0.4, -0.2) is 47.6 Å². The van der Waals surface area contributed by atoms with Gasteiger partial charge in [-0.05, 0) is 25.7 Å². The lowest BCUT2D eigenvalue weighted by Crippen LogP contribution is -2.39. The Labute approximate surface area is 132 Å². The average molecular weight is 308 g/mol. The number of aliphatic hydroxyl groups is 1. The number of amides is 2. The molecule has 3 aliphatic rings. The normalized spacial score (nSPS) is 28.5. The molecule has 1 atom stereocenters. The Morgan fingerprint density at radius 2 is 1.91 bits per heavy atom. The van der Waals surface area contributed by atoms with E-state index in [4.69, 9.17) is 0 Å². The minimum Gasteiger partial charge on any atom is -0.396 e. The zero-order valence-electron chi connectivity index (χ0n) is 13.4. The summed E-state index contributed by atoms with van der Waals surface area (Å²) in [5.74, 6) is -0.0650. The highest BCUT2D eigenvalue weighted by Gasteiger charge is 2.43. The summed E-state index contributed by atoms with van der Waals surface area (Å²) in [7, 11) is 0. The number of carbonyl (C=O) groups is 2. The average Bonchev–Trinajstić information content (AvgIpc) is 3.27. The summed E-state index contributed by atoms with van der Waals surface area (Å²) in [6.07, 6.45) is 9.45. The van der Waals surface area contributed by atoms with Gasteiger partial charge in [0.1, 0.15) is 0 Å². The molecule has 0 spiro atoms. The number of nitrogens with zero attached hydrogens (tertiary/aromatic N) is 1. The number of aliphatic hydroxyl groups excluding tert-OH is 1. The molecule has 2 N–H and O–H groups in total. The monoisotopic (exact) mass is 308 g/mol. The van der Waals surface area contributed by atoms with Gasteiger partial charge in [0.2, 0.25) is 11.8 Å². The number of likely N-dealkylation sites (tertiary alicyclic amines) is 1. The molecule has 2 amide bonds. The molecule has 124 valence electrons. The molecule has 1 heterocycles. The van der Waals surface area contributed by atoms with E-state index in [0.717, 1.165) is 25.7 Å². The van der Waals surface area contributed by atoms with Gasteiger partial charge in [-0.15, -0.1) is 0 Å². The Kier molecular flexibility index (Phi) is 4.71. The van der Waals surface area contributed by atoms with Crippen molar-refractivity contribution in [2.75, 3.05) is 19.7 Å². The fraction of sp³-hybridized carbons (Fsp3) is 0.882. The molecule has 0 radical (unpaired) electrons. The molecular weight excluding hydrogens is 280 g/mol. The topological polar surface area (TPSA) is 69.6 Å². The van der Waals surface area contributed by atoms with Crippen LogP contribution in [0.25, 0.3) is 0 Å². The van der Waals surface area contributed by atoms with Crippen molar-refractivity contribution in [2.45, 2.75) is 63.8 Å². The first-order valence-electron chi connectivity index (χ1n) is 8.82. The molecule has 5 nitrogen and oxygen atoms in total. The second-order valence-corrected chi connectivity index (χ2v) is 7.47. The third-order valence-electron chi connectivity index (χ3n) is 5.72. The van der Waals surface area contributed by atoms with Crippen LogP contribution in [0.3, 0.4) is 0 Å². The Bertz CT molecular complexity index is 426. The highest BCUT2D eigenvalue weighted by molar-refractivity contribution is 5.89. The van der Waals surface area contributed by atoms with Crippen LogP contribution in [0, 0.1) is 11.3 Å². The molecule has 2 saturated carbocycles. The van der Waals surface area contributed by atoms with E-state index in [1.807, 2.05) is 4.90 Å². The Balaban J connectivity index is 1.51. The van der Waals surface area contributed by atoms with Gasteiger partial charge in [-0.3, -0.25) is 9.59 Å². The first-order chi connectivity index (χ1) is 10.6. The van der Waals surface area contributed by atoms with Crippen molar-refractivity contribution >= 4 is 11.8 Å². The second-order valence-electron chi connectivity index (χ2n) is 7.47. The van der Waals surface area contributed by atoms with Crippen LogP contribution < -0.4 is 5.32 Å².